The molecular formula is C22H22N6. The summed E-state index contributed by atoms with van der Waals surface area (Å²) in [5, 5.41) is 11.0. The van der Waals surface area contributed by atoms with Crippen LogP contribution in [0, 0.1) is 6.92 Å². The Morgan fingerprint density at radius 1 is 1.11 bits per heavy atom. The van der Waals surface area contributed by atoms with Crippen LogP contribution in [0.3, 0.4) is 0 Å². The highest BCUT2D eigenvalue weighted by Crippen LogP contribution is 2.33. The van der Waals surface area contributed by atoms with Crippen LogP contribution in [0.1, 0.15) is 35.6 Å². The monoisotopic (exact) mass is 370 g/mol. The Hall–Kier alpha value is -3.28. The second-order valence-corrected chi connectivity index (χ2v) is 7.43. The molecule has 0 fully saturated rings. The smallest absolute Gasteiger partial charge is 0.115 e. The fourth-order valence-corrected chi connectivity index (χ4v) is 4.17. The first-order valence-corrected chi connectivity index (χ1v) is 9.71. The number of hydrogen-bond acceptors (Lipinski definition) is 4. The minimum Gasteiger partial charge on any atom is -0.336 e. The van der Waals surface area contributed by atoms with Crippen LogP contribution in [0.4, 0.5) is 0 Å². The molecule has 28 heavy (non-hydrogen) atoms. The fourth-order valence-electron chi connectivity index (χ4n) is 4.17. The molecule has 0 amide bonds. The molecular weight excluding hydrogens is 348 g/mol. The van der Waals surface area contributed by atoms with Gasteiger partial charge in [0, 0.05) is 30.4 Å². The molecule has 3 aromatic heterocycles. The molecule has 1 aromatic carbocycles. The van der Waals surface area contributed by atoms with Crippen LogP contribution < -0.4 is 0 Å². The number of hydrogen-bond donors (Lipinski definition) is 1. The van der Waals surface area contributed by atoms with Crippen LogP contribution in [-0.4, -0.2) is 29.9 Å². The van der Waals surface area contributed by atoms with Crippen molar-refractivity contribution in [3.8, 4) is 22.6 Å². The van der Waals surface area contributed by atoms with Crippen LogP contribution >= 0.6 is 0 Å². The van der Waals surface area contributed by atoms with Crippen molar-refractivity contribution in [2.45, 2.75) is 38.6 Å². The van der Waals surface area contributed by atoms with Crippen molar-refractivity contribution < 1.29 is 0 Å². The first kappa shape index (κ1) is 16.9. The summed E-state index contributed by atoms with van der Waals surface area (Å²) in [5.41, 5.74) is 7.43. The number of aryl methyl sites for hydroxylation is 2. The lowest BCUT2D eigenvalue weighted by atomic mass is 9.83. The summed E-state index contributed by atoms with van der Waals surface area (Å²) in [7, 11) is 0. The predicted molar refractivity (Wildman–Crippen MR) is 108 cm³/mol. The van der Waals surface area contributed by atoms with E-state index in [1.54, 1.807) is 6.20 Å². The van der Waals surface area contributed by atoms with Gasteiger partial charge in [-0.3, -0.25) is 4.98 Å². The molecule has 0 bridgehead atoms. The number of nitrogens with one attached hydrogen (secondary N) is 1. The molecule has 6 nitrogen and oxygen atoms in total. The van der Waals surface area contributed by atoms with Crippen LogP contribution in [0.2, 0.25) is 0 Å². The van der Waals surface area contributed by atoms with Crippen molar-refractivity contribution in [1.29, 1.82) is 0 Å². The van der Waals surface area contributed by atoms with E-state index in [0.717, 1.165) is 34.9 Å². The minimum atomic E-state index is 0.545. The first-order chi connectivity index (χ1) is 13.8. The van der Waals surface area contributed by atoms with Crippen molar-refractivity contribution in [1.82, 2.24) is 29.9 Å². The second-order valence-electron chi connectivity index (χ2n) is 7.43. The average molecular weight is 370 g/mol. The van der Waals surface area contributed by atoms with Crippen LogP contribution in [0.25, 0.3) is 22.6 Å². The normalized spacial score (nSPS) is 16.1. The molecule has 140 valence electrons. The van der Waals surface area contributed by atoms with E-state index < -0.39 is 0 Å². The molecule has 0 saturated carbocycles. The van der Waals surface area contributed by atoms with Gasteiger partial charge in [-0.25, -0.2) is 4.98 Å². The molecule has 0 spiro atoms. The van der Waals surface area contributed by atoms with E-state index in [1.807, 2.05) is 25.4 Å². The number of fused-ring (bicyclic) bond motifs is 1. The van der Waals surface area contributed by atoms with Gasteiger partial charge in [-0.1, -0.05) is 24.3 Å². The molecule has 1 aliphatic rings. The van der Waals surface area contributed by atoms with Gasteiger partial charge in [0.25, 0.3) is 0 Å². The van der Waals surface area contributed by atoms with Gasteiger partial charge in [-0.05, 0) is 49.4 Å². The van der Waals surface area contributed by atoms with E-state index in [9.17, 15) is 0 Å². The standard InChI is InChI=1S/C22H22N6/c1-15-22(26-27-25-15)17-9-10-23-20(11-17)21-13-28(14-24-21)12-18-7-4-6-16-5-2-3-8-19(16)18/h2-3,5,8-11,13-14,18H,4,6-7,12H2,1H3,(H,25,26,27)/t18-/m1/s1. The Bertz CT molecular complexity index is 1110. The van der Waals surface area contributed by atoms with Crippen molar-refractivity contribution in [2.75, 3.05) is 0 Å². The van der Waals surface area contributed by atoms with Gasteiger partial charge in [-0.15, -0.1) is 0 Å². The van der Waals surface area contributed by atoms with E-state index in [1.165, 1.54) is 30.4 Å². The lowest BCUT2D eigenvalue weighted by Gasteiger charge is -2.25. The summed E-state index contributed by atoms with van der Waals surface area (Å²) in [5.74, 6) is 0.545. The topological polar surface area (TPSA) is 72.3 Å². The van der Waals surface area contributed by atoms with Gasteiger partial charge in [-0.2, -0.15) is 15.4 Å². The van der Waals surface area contributed by atoms with Crippen molar-refractivity contribution in [3.63, 3.8) is 0 Å². The highest BCUT2D eigenvalue weighted by molar-refractivity contribution is 5.67. The minimum absolute atomic E-state index is 0.545. The molecule has 6 heteroatoms. The summed E-state index contributed by atoms with van der Waals surface area (Å²) in [4.78, 5) is 9.12. The van der Waals surface area contributed by atoms with Gasteiger partial charge >= 0.3 is 0 Å². The zero-order chi connectivity index (χ0) is 18.9. The predicted octanol–water partition coefficient (Wildman–Crippen LogP) is 4.16. The maximum absolute atomic E-state index is 4.61. The molecule has 0 unspecified atom stereocenters. The highest BCUT2D eigenvalue weighted by atomic mass is 15.3. The second kappa shape index (κ2) is 7.03. The van der Waals surface area contributed by atoms with E-state index in [2.05, 4.69) is 60.4 Å². The lowest BCUT2D eigenvalue weighted by Crippen LogP contribution is -2.14. The van der Waals surface area contributed by atoms with Crippen molar-refractivity contribution in [2.24, 2.45) is 0 Å². The number of aromatic amines is 1. The van der Waals surface area contributed by atoms with E-state index in [-0.39, 0.29) is 0 Å². The Labute approximate surface area is 163 Å². The molecule has 0 saturated heterocycles. The van der Waals surface area contributed by atoms with Gasteiger partial charge in [0.1, 0.15) is 11.4 Å². The largest absolute Gasteiger partial charge is 0.336 e. The third-order valence-corrected chi connectivity index (χ3v) is 5.58. The Morgan fingerprint density at radius 3 is 2.93 bits per heavy atom. The van der Waals surface area contributed by atoms with Gasteiger partial charge in [0.05, 0.1) is 17.7 Å². The Kier molecular flexibility index (Phi) is 4.24. The molecule has 4 aromatic rings. The van der Waals surface area contributed by atoms with Gasteiger partial charge < -0.3 is 4.57 Å². The summed E-state index contributed by atoms with van der Waals surface area (Å²) >= 11 is 0. The molecule has 3 heterocycles. The SMILES string of the molecule is Cc1n[nH]nc1-c1ccnc(-c2cn(C[C@H]3CCCc4ccccc43)cn2)c1. The van der Waals surface area contributed by atoms with Crippen molar-refractivity contribution in [3.05, 3.63) is 71.9 Å². The third-order valence-electron chi connectivity index (χ3n) is 5.58. The number of rotatable bonds is 4. The highest BCUT2D eigenvalue weighted by Gasteiger charge is 2.20. The molecule has 5 rings (SSSR count). The maximum Gasteiger partial charge on any atom is 0.115 e. The number of H-pyrrole nitrogens is 1. The van der Waals surface area contributed by atoms with Crippen LogP contribution in [-0.2, 0) is 13.0 Å². The summed E-state index contributed by atoms with van der Waals surface area (Å²) < 4.78 is 2.19. The maximum atomic E-state index is 4.61. The van der Waals surface area contributed by atoms with Gasteiger partial charge in [0.15, 0.2) is 0 Å². The number of benzene rings is 1. The van der Waals surface area contributed by atoms with Gasteiger partial charge in [0.2, 0.25) is 0 Å². The van der Waals surface area contributed by atoms with Crippen LogP contribution in [0.5, 0.6) is 0 Å². The number of nitrogens with zero attached hydrogens (tertiary/aromatic N) is 5. The third kappa shape index (κ3) is 3.11. The van der Waals surface area contributed by atoms with Crippen LogP contribution in [0.15, 0.2) is 55.1 Å². The quantitative estimate of drug-likeness (QED) is 0.585. The summed E-state index contributed by atoms with van der Waals surface area (Å²) in [6, 6.07) is 12.8. The zero-order valence-electron chi connectivity index (χ0n) is 15.8. The Balaban J connectivity index is 1.40. The molecule has 1 aliphatic carbocycles. The fraction of sp³-hybridized carbons (Fsp3) is 0.273. The van der Waals surface area contributed by atoms with Crippen molar-refractivity contribution >= 4 is 0 Å². The molecule has 0 aliphatic heterocycles. The summed E-state index contributed by atoms with van der Waals surface area (Å²) in [6.45, 7) is 2.89. The Morgan fingerprint density at radius 2 is 2.04 bits per heavy atom. The van der Waals surface area contributed by atoms with E-state index >= 15 is 0 Å². The van der Waals surface area contributed by atoms with E-state index in [0.29, 0.717) is 5.92 Å². The number of aromatic nitrogens is 6. The zero-order valence-corrected chi connectivity index (χ0v) is 15.8. The average Bonchev–Trinajstić information content (AvgIpc) is 3.37. The molecule has 1 N–H and O–H groups in total. The number of pyridine rings is 1. The molecule has 1 atom stereocenters. The molecule has 0 radical (unpaired) electrons. The van der Waals surface area contributed by atoms with E-state index in [4.69, 9.17) is 0 Å². The summed E-state index contributed by atoms with van der Waals surface area (Å²) in [6.07, 6.45) is 9.49. The number of imidazole rings is 1. The first-order valence-electron chi connectivity index (χ1n) is 9.71. The lowest BCUT2D eigenvalue weighted by molar-refractivity contribution is 0.483.